The molecule has 132 valence electrons. The summed E-state index contributed by atoms with van der Waals surface area (Å²) in [4.78, 5) is 0. The first-order chi connectivity index (χ1) is 11.7. The molecule has 2 aromatic carbocycles. The Balaban J connectivity index is 1.79. The smallest absolute Gasteiger partial charge is 0.489 e. The number of rotatable bonds is 4. The summed E-state index contributed by atoms with van der Waals surface area (Å²) in [7, 11) is -0.716. The van der Waals surface area contributed by atoms with E-state index in [9.17, 15) is 4.39 Å². The molecule has 0 atom stereocenters. The maximum Gasteiger partial charge on any atom is 0.497 e. The SMILES string of the molecule is Cc1cc(B2OC(C)(C)C(C)(C)O2)c(F)cc1OCc1ccccc1. The normalized spacial score (nSPS) is 18.4. The summed E-state index contributed by atoms with van der Waals surface area (Å²) in [6, 6.07) is 13.0. The lowest BCUT2D eigenvalue weighted by molar-refractivity contribution is 0.00578. The molecule has 25 heavy (non-hydrogen) atoms. The third kappa shape index (κ3) is 3.58. The van der Waals surface area contributed by atoms with Gasteiger partial charge >= 0.3 is 7.12 Å². The van der Waals surface area contributed by atoms with Crippen LogP contribution in [0.2, 0.25) is 0 Å². The predicted octanol–water partition coefficient (Wildman–Crippen LogP) is 4.01. The van der Waals surface area contributed by atoms with Gasteiger partial charge in [-0.2, -0.15) is 0 Å². The molecule has 2 aromatic rings. The molecule has 0 amide bonds. The van der Waals surface area contributed by atoms with Crippen molar-refractivity contribution < 1.29 is 18.4 Å². The zero-order valence-electron chi connectivity index (χ0n) is 15.4. The van der Waals surface area contributed by atoms with Crippen LogP contribution in [0.15, 0.2) is 42.5 Å². The fourth-order valence-electron chi connectivity index (χ4n) is 2.73. The van der Waals surface area contributed by atoms with Crippen molar-refractivity contribution in [3.05, 3.63) is 59.4 Å². The molecule has 0 aromatic heterocycles. The highest BCUT2D eigenvalue weighted by Crippen LogP contribution is 2.37. The monoisotopic (exact) mass is 342 g/mol. The van der Waals surface area contributed by atoms with Crippen LogP contribution in [0.4, 0.5) is 4.39 Å². The topological polar surface area (TPSA) is 27.7 Å². The molecule has 3 nitrogen and oxygen atoms in total. The van der Waals surface area contributed by atoms with Gasteiger partial charge in [0.1, 0.15) is 18.2 Å². The Morgan fingerprint density at radius 1 is 1.00 bits per heavy atom. The van der Waals surface area contributed by atoms with Crippen molar-refractivity contribution in [2.24, 2.45) is 0 Å². The molecule has 1 aliphatic heterocycles. The highest BCUT2D eigenvalue weighted by Gasteiger charge is 2.52. The Labute approximate surface area is 149 Å². The van der Waals surface area contributed by atoms with Crippen LogP contribution in [0.1, 0.15) is 38.8 Å². The minimum atomic E-state index is -0.716. The first-order valence-electron chi connectivity index (χ1n) is 8.52. The molecule has 1 saturated heterocycles. The van der Waals surface area contributed by atoms with Gasteiger partial charge in [0, 0.05) is 11.5 Å². The molecule has 0 unspecified atom stereocenters. The summed E-state index contributed by atoms with van der Waals surface area (Å²) in [6.07, 6.45) is 0. The van der Waals surface area contributed by atoms with Gasteiger partial charge in [-0.3, -0.25) is 0 Å². The van der Waals surface area contributed by atoms with Gasteiger partial charge in [-0.25, -0.2) is 4.39 Å². The van der Waals surface area contributed by atoms with E-state index in [-0.39, 0.29) is 5.82 Å². The van der Waals surface area contributed by atoms with Crippen LogP contribution in [0.5, 0.6) is 5.75 Å². The van der Waals surface area contributed by atoms with Gasteiger partial charge in [0.05, 0.1) is 11.2 Å². The molecule has 3 rings (SSSR count). The van der Waals surface area contributed by atoms with Crippen LogP contribution in [0.3, 0.4) is 0 Å². The highest BCUT2D eigenvalue weighted by atomic mass is 19.1. The van der Waals surface area contributed by atoms with Gasteiger partial charge in [0.2, 0.25) is 0 Å². The average Bonchev–Trinajstić information content (AvgIpc) is 2.76. The van der Waals surface area contributed by atoms with Gasteiger partial charge in [-0.15, -0.1) is 0 Å². The zero-order chi connectivity index (χ0) is 18.2. The summed E-state index contributed by atoms with van der Waals surface area (Å²) < 4.78 is 32.4. The van der Waals surface area contributed by atoms with E-state index >= 15 is 0 Å². The standard InChI is InChI=1S/C20H24BFO3/c1-14-11-16(21-24-19(2,3)20(4,5)25-21)17(22)12-18(14)23-13-15-9-7-6-8-10-15/h6-12H,13H2,1-5H3. The molecule has 1 fully saturated rings. The van der Waals surface area contributed by atoms with Crippen LogP contribution >= 0.6 is 0 Å². The summed E-state index contributed by atoms with van der Waals surface area (Å²) in [5.74, 6) is 0.147. The molecule has 1 heterocycles. The number of hydrogen-bond acceptors (Lipinski definition) is 3. The van der Waals surface area contributed by atoms with Crippen LogP contribution < -0.4 is 10.2 Å². The lowest BCUT2D eigenvalue weighted by Gasteiger charge is -2.32. The highest BCUT2D eigenvalue weighted by molar-refractivity contribution is 6.62. The third-order valence-corrected chi connectivity index (χ3v) is 5.04. The van der Waals surface area contributed by atoms with Gasteiger partial charge in [-0.05, 0) is 45.7 Å². The van der Waals surface area contributed by atoms with Crippen molar-refractivity contribution in [1.82, 2.24) is 0 Å². The zero-order valence-corrected chi connectivity index (χ0v) is 15.4. The van der Waals surface area contributed by atoms with Gasteiger partial charge in [0.15, 0.2) is 0 Å². The summed E-state index contributed by atoms with van der Waals surface area (Å²) in [6.45, 7) is 10.1. The van der Waals surface area contributed by atoms with Crippen molar-refractivity contribution in [3.63, 3.8) is 0 Å². The molecule has 0 saturated carbocycles. The minimum absolute atomic E-state index is 0.382. The Bertz CT molecular complexity index is 743. The Kier molecular flexibility index (Phi) is 4.65. The molecule has 5 heteroatoms. The fraction of sp³-hybridized carbons (Fsp3) is 0.400. The van der Waals surface area contributed by atoms with Crippen molar-refractivity contribution in [2.75, 3.05) is 0 Å². The van der Waals surface area contributed by atoms with Gasteiger partial charge in [0.25, 0.3) is 0 Å². The predicted molar refractivity (Wildman–Crippen MR) is 97.6 cm³/mol. The van der Waals surface area contributed by atoms with E-state index in [1.807, 2.05) is 65.0 Å². The molecule has 0 radical (unpaired) electrons. The van der Waals surface area contributed by atoms with Crippen LogP contribution in [-0.2, 0) is 15.9 Å². The largest absolute Gasteiger partial charge is 0.497 e. The van der Waals surface area contributed by atoms with E-state index in [1.165, 1.54) is 6.07 Å². The summed E-state index contributed by atoms with van der Waals surface area (Å²) >= 11 is 0. The van der Waals surface area contributed by atoms with E-state index < -0.39 is 18.3 Å². The Morgan fingerprint density at radius 3 is 2.20 bits per heavy atom. The maximum atomic E-state index is 14.7. The van der Waals surface area contributed by atoms with E-state index in [0.717, 1.165) is 11.1 Å². The van der Waals surface area contributed by atoms with Crippen LogP contribution in [-0.4, -0.2) is 18.3 Å². The minimum Gasteiger partial charge on any atom is -0.489 e. The van der Waals surface area contributed by atoms with Crippen molar-refractivity contribution in [3.8, 4) is 5.75 Å². The van der Waals surface area contributed by atoms with E-state index in [1.54, 1.807) is 6.07 Å². The van der Waals surface area contributed by atoms with Gasteiger partial charge < -0.3 is 14.0 Å². The third-order valence-electron chi connectivity index (χ3n) is 5.04. The van der Waals surface area contributed by atoms with Crippen molar-refractivity contribution in [1.29, 1.82) is 0 Å². The van der Waals surface area contributed by atoms with Crippen LogP contribution in [0, 0.1) is 12.7 Å². The van der Waals surface area contributed by atoms with E-state index in [4.69, 9.17) is 14.0 Å². The Morgan fingerprint density at radius 2 is 1.60 bits per heavy atom. The maximum absolute atomic E-state index is 14.7. The number of benzene rings is 2. The fourth-order valence-corrected chi connectivity index (χ4v) is 2.73. The van der Waals surface area contributed by atoms with Crippen molar-refractivity contribution in [2.45, 2.75) is 52.4 Å². The molecule has 0 bridgehead atoms. The number of halogens is 1. The average molecular weight is 342 g/mol. The van der Waals surface area contributed by atoms with E-state index in [2.05, 4.69) is 0 Å². The first-order valence-corrected chi connectivity index (χ1v) is 8.52. The quantitative estimate of drug-likeness (QED) is 0.786. The summed E-state index contributed by atoms with van der Waals surface area (Å²) in [5.41, 5.74) is 1.30. The second kappa shape index (κ2) is 6.47. The molecular weight excluding hydrogens is 318 g/mol. The molecule has 0 spiro atoms. The lowest BCUT2D eigenvalue weighted by atomic mass is 9.78. The first kappa shape index (κ1) is 18.0. The van der Waals surface area contributed by atoms with Crippen LogP contribution in [0.25, 0.3) is 0 Å². The molecule has 0 N–H and O–H groups in total. The number of ether oxygens (including phenoxy) is 1. The molecule has 0 aliphatic carbocycles. The second-order valence-electron chi connectivity index (χ2n) is 7.50. The van der Waals surface area contributed by atoms with Gasteiger partial charge in [-0.1, -0.05) is 36.4 Å². The summed E-state index contributed by atoms with van der Waals surface area (Å²) in [5, 5.41) is 0. The number of aryl methyl sites for hydroxylation is 1. The number of hydrogen-bond donors (Lipinski definition) is 0. The lowest BCUT2D eigenvalue weighted by Crippen LogP contribution is -2.41. The molecular formula is C20H24BFO3. The molecule has 1 aliphatic rings. The second-order valence-corrected chi connectivity index (χ2v) is 7.50. The Hall–Kier alpha value is -1.85. The van der Waals surface area contributed by atoms with E-state index in [0.29, 0.717) is 17.8 Å². The van der Waals surface area contributed by atoms with Crippen molar-refractivity contribution >= 4 is 12.6 Å².